The quantitative estimate of drug-likeness (QED) is 0.812. The minimum atomic E-state index is -1.19. The standard InChI is InChI=1S/C17H15NO4/c1-17(16(21)22)6-4-12(13(9-17)15(19)20)11-3-2-10-5-7-18-14(10)8-11/h2-8,18H,9H2,1H3,(H,19,20)(H,21,22). The molecule has 2 aromatic rings. The van der Waals surface area contributed by atoms with Gasteiger partial charge in [-0.25, -0.2) is 4.79 Å². The van der Waals surface area contributed by atoms with Crippen LogP contribution < -0.4 is 0 Å². The zero-order chi connectivity index (χ0) is 15.9. The van der Waals surface area contributed by atoms with Gasteiger partial charge in [0.15, 0.2) is 0 Å². The van der Waals surface area contributed by atoms with Gasteiger partial charge in [-0.1, -0.05) is 24.3 Å². The summed E-state index contributed by atoms with van der Waals surface area (Å²) < 4.78 is 0. The number of H-pyrrole nitrogens is 1. The number of carbonyl (C=O) groups is 2. The van der Waals surface area contributed by atoms with E-state index in [0.29, 0.717) is 5.57 Å². The second kappa shape index (κ2) is 4.87. The Hall–Kier alpha value is -2.82. The van der Waals surface area contributed by atoms with E-state index in [0.717, 1.165) is 16.5 Å². The van der Waals surface area contributed by atoms with Gasteiger partial charge in [-0.2, -0.15) is 0 Å². The van der Waals surface area contributed by atoms with Crippen molar-refractivity contribution in [3.63, 3.8) is 0 Å². The summed E-state index contributed by atoms with van der Waals surface area (Å²) in [5.74, 6) is -2.11. The number of fused-ring (bicyclic) bond motifs is 1. The predicted octanol–water partition coefficient (Wildman–Crippen LogP) is 3.06. The van der Waals surface area contributed by atoms with E-state index < -0.39 is 17.4 Å². The number of hydrogen-bond acceptors (Lipinski definition) is 2. The van der Waals surface area contributed by atoms with Crippen molar-refractivity contribution >= 4 is 28.4 Å². The first kappa shape index (κ1) is 14.1. The molecule has 5 heteroatoms. The minimum absolute atomic E-state index is 0.0355. The summed E-state index contributed by atoms with van der Waals surface area (Å²) in [5, 5.41) is 19.8. The lowest BCUT2D eigenvalue weighted by atomic mass is 9.76. The van der Waals surface area contributed by atoms with E-state index in [1.54, 1.807) is 12.2 Å². The molecule has 1 aromatic carbocycles. The smallest absolute Gasteiger partial charge is 0.332 e. The topological polar surface area (TPSA) is 90.4 Å². The SMILES string of the molecule is CC1(C(=O)O)C=CC(c2ccc3cc[nH]c3c2)=C(C(=O)O)C1. The molecule has 0 saturated carbocycles. The summed E-state index contributed by atoms with van der Waals surface area (Å²) in [7, 11) is 0. The van der Waals surface area contributed by atoms with Crippen LogP contribution in [0.2, 0.25) is 0 Å². The lowest BCUT2D eigenvalue weighted by molar-refractivity contribution is -0.145. The average molecular weight is 297 g/mol. The van der Waals surface area contributed by atoms with Gasteiger partial charge in [0, 0.05) is 17.3 Å². The largest absolute Gasteiger partial charge is 0.481 e. The van der Waals surface area contributed by atoms with Crippen molar-refractivity contribution in [2.75, 3.05) is 0 Å². The van der Waals surface area contributed by atoms with Gasteiger partial charge < -0.3 is 15.2 Å². The Labute approximate surface area is 126 Å². The van der Waals surface area contributed by atoms with Crippen molar-refractivity contribution in [2.45, 2.75) is 13.3 Å². The van der Waals surface area contributed by atoms with Crippen LogP contribution in [0.3, 0.4) is 0 Å². The number of rotatable bonds is 3. The molecule has 0 fully saturated rings. The molecule has 0 radical (unpaired) electrons. The molecule has 1 heterocycles. The number of aromatic amines is 1. The van der Waals surface area contributed by atoms with E-state index in [-0.39, 0.29) is 12.0 Å². The van der Waals surface area contributed by atoms with Crippen LogP contribution >= 0.6 is 0 Å². The molecule has 1 aliphatic carbocycles. The first-order valence-electron chi connectivity index (χ1n) is 6.87. The van der Waals surface area contributed by atoms with E-state index in [2.05, 4.69) is 4.98 Å². The molecule has 1 aromatic heterocycles. The predicted molar refractivity (Wildman–Crippen MR) is 82.4 cm³/mol. The molecule has 0 bridgehead atoms. The van der Waals surface area contributed by atoms with Crippen LogP contribution in [0.25, 0.3) is 16.5 Å². The third-order valence-electron chi connectivity index (χ3n) is 4.10. The van der Waals surface area contributed by atoms with Gasteiger partial charge in [0.2, 0.25) is 0 Å². The highest BCUT2D eigenvalue weighted by Crippen LogP contribution is 2.38. The van der Waals surface area contributed by atoms with Crippen molar-refractivity contribution in [3.05, 3.63) is 53.8 Å². The Bertz CT molecular complexity index is 843. The number of carboxylic acid groups (broad SMARTS) is 2. The van der Waals surface area contributed by atoms with Gasteiger partial charge >= 0.3 is 11.9 Å². The summed E-state index contributed by atoms with van der Waals surface area (Å²) in [5.41, 5.74) is 1.17. The molecule has 3 rings (SSSR count). The highest BCUT2D eigenvalue weighted by molar-refractivity contribution is 6.02. The number of allylic oxidation sites excluding steroid dienone is 2. The monoisotopic (exact) mass is 297 g/mol. The Morgan fingerprint density at radius 3 is 2.68 bits per heavy atom. The highest BCUT2D eigenvalue weighted by atomic mass is 16.4. The van der Waals surface area contributed by atoms with Gasteiger partial charge in [0.25, 0.3) is 0 Å². The minimum Gasteiger partial charge on any atom is -0.481 e. The van der Waals surface area contributed by atoms with Crippen LogP contribution in [0, 0.1) is 5.41 Å². The van der Waals surface area contributed by atoms with Gasteiger partial charge in [0.1, 0.15) is 0 Å². The summed E-state index contributed by atoms with van der Waals surface area (Å²) in [6, 6.07) is 7.57. The number of aliphatic carboxylic acids is 2. The summed E-state index contributed by atoms with van der Waals surface area (Å²) in [6.07, 6.45) is 4.95. The van der Waals surface area contributed by atoms with Crippen LogP contribution in [0.5, 0.6) is 0 Å². The van der Waals surface area contributed by atoms with E-state index in [4.69, 9.17) is 0 Å². The normalized spacial score (nSPS) is 21.3. The van der Waals surface area contributed by atoms with Crippen LogP contribution in [0.4, 0.5) is 0 Å². The van der Waals surface area contributed by atoms with Crippen molar-refractivity contribution in [1.29, 1.82) is 0 Å². The first-order chi connectivity index (χ1) is 10.4. The average Bonchev–Trinajstić information content (AvgIpc) is 2.94. The third kappa shape index (κ3) is 2.20. The molecule has 0 aliphatic heterocycles. The molecule has 1 unspecified atom stereocenters. The Morgan fingerprint density at radius 2 is 2.00 bits per heavy atom. The number of benzene rings is 1. The first-order valence-corrected chi connectivity index (χ1v) is 6.87. The molecule has 1 aliphatic rings. The van der Waals surface area contributed by atoms with Gasteiger partial charge in [-0.05, 0) is 42.0 Å². The molecule has 0 saturated heterocycles. The van der Waals surface area contributed by atoms with Crippen LogP contribution in [0.1, 0.15) is 18.9 Å². The Morgan fingerprint density at radius 1 is 1.23 bits per heavy atom. The van der Waals surface area contributed by atoms with Gasteiger partial charge in [0.05, 0.1) is 5.41 Å². The third-order valence-corrected chi connectivity index (χ3v) is 4.10. The van der Waals surface area contributed by atoms with Crippen LogP contribution in [-0.4, -0.2) is 27.1 Å². The molecule has 112 valence electrons. The van der Waals surface area contributed by atoms with Crippen LogP contribution in [-0.2, 0) is 9.59 Å². The molecular formula is C17H15NO4. The van der Waals surface area contributed by atoms with Gasteiger partial charge in [-0.3, -0.25) is 4.79 Å². The van der Waals surface area contributed by atoms with E-state index in [1.807, 2.05) is 30.5 Å². The second-order valence-electron chi connectivity index (χ2n) is 5.71. The lowest BCUT2D eigenvalue weighted by Crippen LogP contribution is -2.29. The Balaban J connectivity index is 2.12. The van der Waals surface area contributed by atoms with Crippen molar-refractivity contribution in [2.24, 2.45) is 5.41 Å². The molecular weight excluding hydrogens is 282 g/mol. The lowest BCUT2D eigenvalue weighted by Gasteiger charge is -2.26. The van der Waals surface area contributed by atoms with Gasteiger partial charge in [-0.15, -0.1) is 0 Å². The number of hydrogen-bond donors (Lipinski definition) is 3. The second-order valence-corrected chi connectivity index (χ2v) is 5.71. The molecule has 0 spiro atoms. The Kier molecular flexibility index (Phi) is 3.13. The number of aromatic nitrogens is 1. The number of nitrogens with one attached hydrogen (secondary N) is 1. The molecule has 22 heavy (non-hydrogen) atoms. The fraction of sp³-hybridized carbons (Fsp3) is 0.176. The highest BCUT2D eigenvalue weighted by Gasteiger charge is 2.36. The maximum Gasteiger partial charge on any atom is 0.332 e. The summed E-state index contributed by atoms with van der Waals surface area (Å²) in [6.45, 7) is 1.53. The van der Waals surface area contributed by atoms with E-state index in [9.17, 15) is 19.8 Å². The molecule has 3 N–H and O–H groups in total. The van der Waals surface area contributed by atoms with Crippen LogP contribution in [0.15, 0.2) is 48.2 Å². The maximum absolute atomic E-state index is 11.6. The molecule has 1 atom stereocenters. The fourth-order valence-electron chi connectivity index (χ4n) is 2.71. The summed E-state index contributed by atoms with van der Waals surface area (Å²) in [4.78, 5) is 26.0. The molecule has 5 nitrogen and oxygen atoms in total. The van der Waals surface area contributed by atoms with Crippen molar-refractivity contribution < 1.29 is 19.8 Å². The zero-order valence-corrected chi connectivity index (χ0v) is 12.0. The zero-order valence-electron chi connectivity index (χ0n) is 12.0. The molecule has 0 amide bonds. The fourth-order valence-corrected chi connectivity index (χ4v) is 2.71. The van der Waals surface area contributed by atoms with Crippen molar-refractivity contribution in [1.82, 2.24) is 4.98 Å². The van der Waals surface area contributed by atoms with Crippen molar-refractivity contribution in [3.8, 4) is 0 Å². The van der Waals surface area contributed by atoms with E-state index >= 15 is 0 Å². The maximum atomic E-state index is 11.6. The summed E-state index contributed by atoms with van der Waals surface area (Å²) >= 11 is 0. The van der Waals surface area contributed by atoms with E-state index in [1.165, 1.54) is 6.92 Å². The number of carboxylic acids is 2.